The van der Waals surface area contributed by atoms with Gasteiger partial charge in [-0.15, -0.1) is 0 Å². The van der Waals surface area contributed by atoms with Gasteiger partial charge in [0.2, 0.25) is 0 Å². The van der Waals surface area contributed by atoms with Gasteiger partial charge >= 0.3 is 0 Å². The Morgan fingerprint density at radius 3 is 2.25 bits per heavy atom. The first kappa shape index (κ1) is 10.2. The first-order valence-corrected chi connectivity index (χ1v) is 4.75. The summed E-state index contributed by atoms with van der Waals surface area (Å²) in [6, 6.07) is 9.39. The predicted octanol–water partition coefficient (Wildman–Crippen LogP) is 1.93. The van der Waals surface area contributed by atoms with Gasteiger partial charge in [0.1, 0.15) is 11.5 Å². The number of phenols is 2. The predicted molar refractivity (Wildman–Crippen MR) is 64.0 cm³/mol. The second-order valence-corrected chi connectivity index (χ2v) is 3.55. The van der Waals surface area contributed by atoms with Gasteiger partial charge in [-0.05, 0) is 30.3 Å². The average Bonchev–Trinajstić information content (AvgIpc) is 2.22. The number of anilines is 2. The Bertz CT molecular complexity index is 539. The Kier molecular flexibility index (Phi) is 2.32. The first-order valence-electron chi connectivity index (χ1n) is 4.75. The molecule has 82 valence electrons. The molecule has 16 heavy (non-hydrogen) atoms. The van der Waals surface area contributed by atoms with Crippen molar-refractivity contribution < 1.29 is 10.2 Å². The maximum absolute atomic E-state index is 9.70. The number of phenolic OH excluding ortho intramolecular Hbond substituents is 2. The Balaban J connectivity index is 2.62. The number of rotatable bonds is 1. The molecular weight excluding hydrogens is 204 g/mol. The first-order chi connectivity index (χ1) is 7.58. The van der Waals surface area contributed by atoms with Crippen LogP contribution in [0.2, 0.25) is 0 Å². The lowest BCUT2D eigenvalue weighted by Crippen LogP contribution is -1.93. The number of aromatic hydroxyl groups is 2. The number of hydrogen-bond donors (Lipinski definition) is 4. The van der Waals surface area contributed by atoms with Crippen molar-refractivity contribution >= 4 is 11.4 Å². The lowest BCUT2D eigenvalue weighted by Gasteiger charge is -2.09. The third-order valence-corrected chi connectivity index (χ3v) is 2.35. The topological polar surface area (TPSA) is 92.5 Å². The Hall–Kier alpha value is -2.36. The minimum Gasteiger partial charge on any atom is -0.508 e. The second kappa shape index (κ2) is 3.66. The van der Waals surface area contributed by atoms with Gasteiger partial charge in [-0.3, -0.25) is 0 Å². The molecule has 4 nitrogen and oxygen atoms in total. The van der Waals surface area contributed by atoms with Gasteiger partial charge in [-0.25, -0.2) is 0 Å². The largest absolute Gasteiger partial charge is 0.508 e. The highest BCUT2D eigenvalue weighted by atomic mass is 16.3. The van der Waals surface area contributed by atoms with E-state index < -0.39 is 0 Å². The van der Waals surface area contributed by atoms with Crippen molar-refractivity contribution in [1.82, 2.24) is 0 Å². The quantitative estimate of drug-likeness (QED) is 0.548. The van der Waals surface area contributed by atoms with Gasteiger partial charge in [0.15, 0.2) is 0 Å². The minimum absolute atomic E-state index is 0.00345. The zero-order valence-corrected chi connectivity index (χ0v) is 8.51. The molecule has 0 aromatic heterocycles. The third kappa shape index (κ3) is 1.72. The highest BCUT2D eigenvalue weighted by Crippen LogP contribution is 2.36. The molecule has 0 atom stereocenters. The standard InChI is InChI=1S/C12H12N2O2/c13-7-1-4-11(14)10(5-7)9-3-2-8(15)6-12(9)16/h1-6,15-16H,13-14H2. The summed E-state index contributed by atoms with van der Waals surface area (Å²) in [4.78, 5) is 0. The molecule has 0 heterocycles. The van der Waals surface area contributed by atoms with Gasteiger partial charge < -0.3 is 21.7 Å². The molecule has 4 heteroatoms. The molecule has 2 aromatic carbocycles. The van der Waals surface area contributed by atoms with Crippen LogP contribution in [0.4, 0.5) is 11.4 Å². The van der Waals surface area contributed by atoms with Gasteiger partial charge in [0, 0.05) is 28.6 Å². The maximum Gasteiger partial charge on any atom is 0.127 e. The molecule has 0 unspecified atom stereocenters. The van der Waals surface area contributed by atoms with Crippen LogP contribution in [-0.4, -0.2) is 10.2 Å². The Morgan fingerprint density at radius 2 is 1.56 bits per heavy atom. The van der Waals surface area contributed by atoms with Crippen LogP contribution in [0.1, 0.15) is 0 Å². The zero-order chi connectivity index (χ0) is 11.7. The van der Waals surface area contributed by atoms with E-state index in [4.69, 9.17) is 11.5 Å². The van der Waals surface area contributed by atoms with Gasteiger partial charge in [-0.1, -0.05) is 0 Å². The lowest BCUT2D eigenvalue weighted by atomic mass is 10.0. The van der Waals surface area contributed by atoms with Gasteiger partial charge in [0.05, 0.1) is 0 Å². The molecule has 0 bridgehead atoms. The fraction of sp³-hybridized carbons (Fsp3) is 0. The normalized spacial score (nSPS) is 10.2. The van der Waals surface area contributed by atoms with Crippen LogP contribution in [0.5, 0.6) is 11.5 Å². The van der Waals surface area contributed by atoms with E-state index in [0.29, 0.717) is 22.5 Å². The van der Waals surface area contributed by atoms with E-state index in [-0.39, 0.29) is 11.5 Å². The van der Waals surface area contributed by atoms with Crippen LogP contribution in [0.15, 0.2) is 36.4 Å². The third-order valence-electron chi connectivity index (χ3n) is 2.35. The van der Waals surface area contributed by atoms with E-state index in [1.54, 1.807) is 24.3 Å². The van der Waals surface area contributed by atoms with Crippen molar-refractivity contribution in [2.45, 2.75) is 0 Å². The van der Waals surface area contributed by atoms with Crippen LogP contribution in [0, 0.1) is 0 Å². The van der Waals surface area contributed by atoms with Crippen molar-refractivity contribution in [3.05, 3.63) is 36.4 Å². The van der Waals surface area contributed by atoms with Crippen molar-refractivity contribution in [2.75, 3.05) is 11.5 Å². The van der Waals surface area contributed by atoms with Crippen LogP contribution >= 0.6 is 0 Å². The fourth-order valence-corrected chi connectivity index (χ4v) is 1.55. The van der Waals surface area contributed by atoms with Crippen LogP contribution in [0.3, 0.4) is 0 Å². The summed E-state index contributed by atoms with van der Waals surface area (Å²) in [7, 11) is 0. The summed E-state index contributed by atoms with van der Waals surface area (Å²) in [5, 5.41) is 18.9. The molecular formula is C12H12N2O2. The molecule has 0 amide bonds. The molecule has 0 saturated carbocycles. The SMILES string of the molecule is Nc1ccc(N)c(-c2ccc(O)cc2O)c1. The number of nitrogen functional groups attached to an aromatic ring is 2. The monoisotopic (exact) mass is 216 g/mol. The van der Waals surface area contributed by atoms with E-state index in [9.17, 15) is 10.2 Å². The molecule has 0 aliphatic carbocycles. The molecule has 0 saturated heterocycles. The molecule has 2 rings (SSSR count). The van der Waals surface area contributed by atoms with E-state index in [1.807, 2.05) is 0 Å². The highest BCUT2D eigenvalue weighted by molar-refractivity contribution is 5.82. The Labute approximate surface area is 92.8 Å². The highest BCUT2D eigenvalue weighted by Gasteiger charge is 2.08. The van der Waals surface area contributed by atoms with E-state index >= 15 is 0 Å². The summed E-state index contributed by atoms with van der Waals surface area (Å²) in [5.41, 5.74) is 13.7. The fourth-order valence-electron chi connectivity index (χ4n) is 1.55. The van der Waals surface area contributed by atoms with Gasteiger partial charge in [-0.2, -0.15) is 0 Å². The average molecular weight is 216 g/mol. The molecule has 0 aliphatic heterocycles. The van der Waals surface area contributed by atoms with Crippen molar-refractivity contribution in [3.63, 3.8) is 0 Å². The van der Waals surface area contributed by atoms with Gasteiger partial charge in [0.25, 0.3) is 0 Å². The molecule has 0 spiro atoms. The van der Waals surface area contributed by atoms with E-state index in [2.05, 4.69) is 0 Å². The molecule has 2 aromatic rings. The zero-order valence-electron chi connectivity index (χ0n) is 8.51. The van der Waals surface area contributed by atoms with E-state index in [1.165, 1.54) is 12.1 Å². The number of benzene rings is 2. The summed E-state index contributed by atoms with van der Waals surface area (Å²) in [6.07, 6.45) is 0. The van der Waals surface area contributed by atoms with Crippen LogP contribution < -0.4 is 11.5 Å². The summed E-state index contributed by atoms with van der Waals surface area (Å²) >= 11 is 0. The summed E-state index contributed by atoms with van der Waals surface area (Å²) in [6.45, 7) is 0. The maximum atomic E-state index is 9.70. The van der Waals surface area contributed by atoms with Crippen molar-refractivity contribution in [3.8, 4) is 22.6 Å². The van der Waals surface area contributed by atoms with Crippen molar-refractivity contribution in [2.24, 2.45) is 0 Å². The van der Waals surface area contributed by atoms with Crippen LogP contribution in [0.25, 0.3) is 11.1 Å². The summed E-state index contributed by atoms with van der Waals surface area (Å²) in [5.74, 6) is -0.0268. The molecule has 0 radical (unpaired) electrons. The van der Waals surface area contributed by atoms with Crippen LogP contribution in [-0.2, 0) is 0 Å². The number of nitrogens with two attached hydrogens (primary N) is 2. The minimum atomic E-state index is -0.0303. The lowest BCUT2D eigenvalue weighted by molar-refractivity contribution is 0.452. The Morgan fingerprint density at radius 1 is 0.812 bits per heavy atom. The van der Waals surface area contributed by atoms with Crippen molar-refractivity contribution in [1.29, 1.82) is 0 Å². The molecule has 0 fully saturated rings. The smallest absolute Gasteiger partial charge is 0.127 e. The summed E-state index contributed by atoms with van der Waals surface area (Å²) < 4.78 is 0. The molecule has 6 N–H and O–H groups in total. The number of hydrogen-bond acceptors (Lipinski definition) is 4. The second-order valence-electron chi connectivity index (χ2n) is 3.55. The molecule has 0 aliphatic rings. The van der Waals surface area contributed by atoms with E-state index in [0.717, 1.165) is 0 Å².